The summed E-state index contributed by atoms with van der Waals surface area (Å²) in [6, 6.07) is 11.7. The summed E-state index contributed by atoms with van der Waals surface area (Å²) >= 11 is 0. The molecule has 4 rings (SSSR count). The molecule has 0 amide bonds. The third-order valence-electron chi connectivity index (χ3n) is 6.02. The van der Waals surface area contributed by atoms with Gasteiger partial charge < -0.3 is 14.9 Å². The molecule has 2 aliphatic rings. The van der Waals surface area contributed by atoms with Gasteiger partial charge in [0.25, 0.3) is 0 Å². The Bertz CT molecular complexity index is 794. The van der Waals surface area contributed by atoms with Crippen molar-refractivity contribution < 1.29 is 19.3 Å². The molecular weight excluding hydrogens is 333 g/mol. The van der Waals surface area contributed by atoms with Crippen molar-refractivity contribution in [2.75, 3.05) is 20.2 Å². The molecule has 0 bridgehead atoms. The molecule has 1 saturated carbocycles. The van der Waals surface area contributed by atoms with Gasteiger partial charge >= 0.3 is 0 Å². The minimum atomic E-state index is -0.880. The van der Waals surface area contributed by atoms with Gasteiger partial charge in [0.15, 0.2) is 11.5 Å². The summed E-state index contributed by atoms with van der Waals surface area (Å²) in [4.78, 5) is 2.32. The van der Waals surface area contributed by atoms with Gasteiger partial charge in [-0.3, -0.25) is 4.90 Å². The minimum absolute atomic E-state index is 0.146. The summed E-state index contributed by atoms with van der Waals surface area (Å²) in [5, 5.41) is 21.3. The van der Waals surface area contributed by atoms with E-state index in [1.807, 2.05) is 6.07 Å². The van der Waals surface area contributed by atoms with Crippen molar-refractivity contribution in [2.45, 2.75) is 25.0 Å². The number of aliphatic hydroxyl groups is 1. The largest absolute Gasteiger partial charge is 0.504 e. The van der Waals surface area contributed by atoms with Crippen molar-refractivity contribution in [3.05, 3.63) is 59.4 Å². The van der Waals surface area contributed by atoms with Crippen LogP contribution in [0, 0.1) is 17.7 Å². The average Bonchev–Trinajstić information content (AvgIpc) is 3.16. The maximum Gasteiger partial charge on any atom is 0.160 e. The SMILES string of the molecule is COc1ccc(CN2C[C@@H]3CC[C@](O)(c4ccc(F)cc4)[C@H]3C2)cc1O. The van der Waals surface area contributed by atoms with Crippen LogP contribution in [0.2, 0.25) is 0 Å². The second-order valence-corrected chi connectivity index (χ2v) is 7.54. The van der Waals surface area contributed by atoms with E-state index in [9.17, 15) is 14.6 Å². The number of nitrogens with zero attached hydrogens (tertiary/aromatic N) is 1. The van der Waals surface area contributed by atoms with E-state index in [1.54, 1.807) is 24.3 Å². The van der Waals surface area contributed by atoms with Gasteiger partial charge in [0.05, 0.1) is 12.7 Å². The lowest BCUT2D eigenvalue weighted by Crippen LogP contribution is -2.34. The molecule has 0 aromatic heterocycles. The van der Waals surface area contributed by atoms with Crippen LogP contribution >= 0.6 is 0 Å². The Kier molecular flexibility index (Phi) is 4.37. The number of ether oxygens (including phenoxy) is 1. The highest BCUT2D eigenvalue weighted by molar-refractivity contribution is 5.41. The molecule has 26 heavy (non-hydrogen) atoms. The second-order valence-electron chi connectivity index (χ2n) is 7.54. The Morgan fingerprint density at radius 1 is 1.19 bits per heavy atom. The molecule has 1 aliphatic heterocycles. The first-order chi connectivity index (χ1) is 12.5. The number of phenolic OH excluding ortho intramolecular Hbond substituents is 1. The van der Waals surface area contributed by atoms with E-state index >= 15 is 0 Å². The zero-order valence-electron chi connectivity index (χ0n) is 14.9. The molecule has 1 aliphatic carbocycles. The summed E-state index contributed by atoms with van der Waals surface area (Å²) in [5.41, 5.74) is 0.957. The molecule has 0 radical (unpaired) electrons. The highest BCUT2D eigenvalue weighted by Gasteiger charge is 2.52. The van der Waals surface area contributed by atoms with Gasteiger partial charge in [0, 0.05) is 25.6 Å². The van der Waals surface area contributed by atoms with E-state index in [2.05, 4.69) is 4.90 Å². The maximum atomic E-state index is 13.2. The number of methoxy groups -OCH3 is 1. The first-order valence-corrected chi connectivity index (χ1v) is 9.06. The molecule has 4 nitrogen and oxygen atoms in total. The van der Waals surface area contributed by atoms with Crippen molar-refractivity contribution in [2.24, 2.45) is 11.8 Å². The molecule has 138 valence electrons. The van der Waals surface area contributed by atoms with Gasteiger partial charge in [-0.2, -0.15) is 0 Å². The Balaban J connectivity index is 1.49. The predicted octanol–water partition coefficient (Wildman–Crippen LogP) is 3.27. The number of aromatic hydroxyl groups is 1. The Hall–Kier alpha value is -2.11. The fraction of sp³-hybridized carbons (Fsp3) is 0.429. The second kappa shape index (κ2) is 6.56. The van der Waals surface area contributed by atoms with Crippen molar-refractivity contribution in [3.8, 4) is 11.5 Å². The number of likely N-dealkylation sites (tertiary alicyclic amines) is 1. The Labute approximate surface area is 152 Å². The smallest absolute Gasteiger partial charge is 0.160 e. The third kappa shape index (κ3) is 2.95. The van der Waals surface area contributed by atoms with Crippen molar-refractivity contribution >= 4 is 0 Å². The number of phenols is 1. The lowest BCUT2D eigenvalue weighted by molar-refractivity contribution is -0.00688. The quantitative estimate of drug-likeness (QED) is 0.882. The predicted molar refractivity (Wildman–Crippen MR) is 96.4 cm³/mol. The summed E-state index contributed by atoms with van der Waals surface area (Å²) in [6.07, 6.45) is 1.70. The summed E-state index contributed by atoms with van der Waals surface area (Å²) < 4.78 is 18.3. The average molecular weight is 357 g/mol. The van der Waals surface area contributed by atoms with Crippen LogP contribution in [0.5, 0.6) is 11.5 Å². The van der Waals surface area contributed by atoms with Crippen LogP contribution in [0.1, 0.15) is 24.0 Å². The van der Waals surface area contributed by atoms with Crippen LogP contribution in [0.25, 0.3) is 0 Å². The zero-order chi connectivity index (χ0) is 18.3. The van der Waals surface area contributed by atoms with E-state index in [0.29, 0.717) is 11.7 Å². The number of halogens is 1. The standard InChI is InChI=1S/C21H24FNO3/c1-26-20-7-2-14(10-19(20)24)11-23-12-15-8-9-21(25,18(15)13-23)16-3-5-17(22)6-4-16/h2-7,10,15,18,24-25H,8-9,11-13H2,1H3/t15-,18-,21-/m0/s1. The lowest BCUT2D eigenvalue weighted by Gasteiger charge is -2.31. The van der Waals surface area contributed by atoms with Gasteiger partial charge in [-0.1, -0.05) is 18.2 Å². The van der Waals surface area contributed by atoms with E-state index in [4.69, 9.17) is 4.74 Å². The molecule has 1 saturated heterocycles. The highest BCUT2D eigenvalue weighted by atomic mass is 19.1. The number of hydrogen-bond donors (Lipinski definition) is 2. The van der Waals surface area contributed by atoms with Crippen LogP contribution < -0.4 is 4.74 Å². The topological polar surface area (TPSA) is 52.9 Å². The van der Waals surface area contributed by atoms with Crippen LogP contribution in [-0.4, -0.2) is 35.3 Å². The minimum Gasteiger partial charge on any atom is -0.504 e. The van der Waals surface area contributed by atoms with Gasteiger partial charge in [-0.15, -0.1) is 0 Å². The fourth-order valence-electron chi connectivity index (χ4n) is 4.70. The number of fused-ring (bicyclic) bond motifs is 1. The third-order valence-corrected chi connectivity index (χ3v) is 6.02. The molecule has 3 atom stereocenters. The number of hydrogen-bond acceptors (Lipinski definition) is 4. The number of rotatable bonds is 4. The van der Waals surface area contributed by atoms with Gasteiger partial charge in [-0.05, 0) is 54.2 Å². The molecule has 2 N–H and O–H groups in total. The monoisotopic (exact) mass is 357 g/mol. The van der Waals surface area contributed by atoms with E-state index < -0.39 is 5.60 Å². The van der Waals surface area contributed by atoms with E-state index in [-0.39, 0.29) is 17.5 Å². The molecule has 2 fully saturated rings. The normalized spacial score (nSPS) is 28.3. The van der Waals surface area contributed by atoms with Crippen molar-refractivity contribution in [1.82, 2.24) is 4.90 Å². The number of benzene rings is 2. The first-order valence-electron chi connectivity index (χ1n) is 9.06. The lowest BCUT2D eigenvalue weighted by atomic mass is 9.82. The molecule has 1 heterocycles. The Morgan fingerprint density at radius 3 is 2.65 bits per heavy atom. The fourth-order valence-corrected chi connectivity index (χ4v) is 4.70. The maximum absolute atomic E-state index is 13.2. The van der Waals surface area contributed by atoms with Crippen molar-refractivity contribution in [3.63, 3.8) is 0 Å². The highest BCUT2D eigenvalue weighted by Crippen LogP contribution is 2.50. The van der Waals surface area contributed by atoms with Crippen molar-refractivity contribution in [1.29, 1.82) is 0 Å². The molecule has 5 heteroatoms. The summed E-state index contributed by atoms with van der Waals surface area (Å²) in [5.74, 6) is 0.931. The van der Waals surface area contributed by atoms with Gasteiger partial charge in [0.2, 0.25) is 0 Å². The molecule has 2 aromatic rings. The zero-order valence-corrected chi connectivity index (χ0v) is 14.9. The summed E-state index contributed by atoms with van der Waals surface area (Å²) in [7, 11) is 1.53. The van der Waals surface area contributed by atoms with E-state index in [1.165, 1.54) is 19.2 Å². The molecular formula is C21H24FNO3. The summed E-state index contributed by atoms with van der Waals surface area (Å²) in [6.45, 7) is 2.45. The molecule has 0 unspecified atom stereocenters. The molecule has 0 spiro atoms. The van der Waals surface area contributed by atoms with Crippen LogP contribution in [0.4, 0.5) is 4.39 Å². The van der Waals surface area contributed by atoms with Gasteiger partial charge in [0.1, 0.15) is 5.82 Å². The van der Waals surface area contributed by atoms with Crippen LogP contribution in [0.3, 0.4) is 0 Å². The van der Waals surface area contributed by atoms with Crippen LogP contribution in [0.15, 0.2) is 42.5 Å². The Morgan fingerprint density at radius 2 is 1.96 bits per heavy atom. The van der Waals surface area contributed by atoms with E-state index in [0.717, 1.165) is 43.6 Å². The first kappa shape index (κ1) is 17.3. The van der Waals surface area contributed by atoms with Crippen LogP contribution in [-0.2, 0) is 12.1 Å². The molecule has 2 aromatic carbocycles. The van der Waals surface area contributed by atoms with Gasteiger partial charge in [-0.25, -0.2) is 4.39 Å².